The van der Waals surface area contributed by atoms with Crippen LogP contribution in [0, 0.1) is 6.92 Å². The summed E-state index contributed by atoms with van der Waals surface area (Å²) in [6.45, 7) is 12.3. The van der Waals surface area contributed by atoms with Gasteiger partial charge in [-0.1, -0.05) is 27.2 Å². The average Bonchev–Trinajstić information content (AvgIpc) is 2.79. The lowest BCUT2D eigenvalue weighted by molar-refractivity contribution is 0.0598. The van der Waals surface area contributed by atoms with Crippen LogP contribution in [-0.4, -0.2) is 39.4 Å². The summed E-state index contributed by atoms with van der Waals surface area (Å²) < 4.78 is 2.04. The molecule has 0 aliphatic carbocycles. The van der Waals surface area contributed by atoms with E-state index in [0.717, 1.165) is 25.3 Å². The molecule has 1 N–H and O–H groups in total. The first-order chi connectivity index (χ1) is 10.0. The summed E-state index contributed by atoms with van der Waals surface area (Å²) in [6.07, 6.45) is 4.92. The number of hydrogen-bond donors (Lipinski definition) is 1. The molecule has 0 amide bonds. The molecule has 21 heavy (non-hydrogen) atoms. The third-order valence-corrected chi connectivity index (χ3v) is 5.17. The monoisotopic (exact) mass is 292 g/mol. The number of rotatable bonds is 6. The second kappa shape index (κ2) is 6.93. The largest absolute Gasteiger partial charge is 0.308 e. The highest BCUT2D eigenvalue weighted by molar-refractivity contribution is 5.10. The van der Waals surface area contributed by atoms with Crippen molar-refractivity contribution in [2.45, 2.75) is 71.5 Å². The van der Waals surface area contributed by atoms with Crippen molar-refractivity contribution < 1.29 is 0 Å². The van der Waals surface area contributed by atoms with Gasteiger partial charge in [-0.2, -0.15) is 5.10 Å². The van der Waals surface area contributed by atoms with Crippen molar-refractivity contribution in [2.24, 2.45) is 7.05 Å². The Hall–Kier alpha value is -0.870. The van der Waals surface area contributed by atoms with Crippen molar-refractivity contribution in [3.63, 3.8) is 0 Å². The first kappa shape index (κ1) is 16.5. The van der Waals surface area contributed by atoms with Gasteiger partial charge in [-0.3, -0.25) is 9.58 Å². The SMILES string of the molecule is CCCC1CNC(CC)(CC)CN1Cc1cc(C)nn1C. The molecule has 1 unspecified atom stereocenters. The van der Waals surface area contributed by atoms with Gasteiger partial charge in [0, 0.05) is 38.3 Å². The summed E-state index contributed by atoms with van der Waals surface area (Å²) in [5.74, 6) is 0. The molecule has 0 spiro atoms. The Kier molecular flexibility index (Phi) is 5.44. The van der Waals surface area contributed by atoms with E-state index in [4.69, 9.17) is 0 Å². The van der Waals surface area contributed by atoms with Crippen LogP contribution in [0.4, 0.5) is 0 Å². The second-order valence-electron chi connectivity index (χ2n) is 6.62. The van der Waals surface area contributed by atoms with E-state index in [1.165, 1.54) is 31.4 Å². The molecule has 1 aliphatic rings. The first-order valence-electron chi connectivity index (χ1n) is 8.52. The van der Waals surface area contributed by atoms with Crippen molar-refractivity contribution in [3.8, 4) is 0 Å². The van der Waals surface area contributed by atoms with Gasteiger partial charge in [0.1, 0.15) is 0 Å². The normalized spacial score (nSPS) is 22.6. The standard InChI is InChI=1S/C17H32N4/c1-6-9-15-11-18-17(7-2,8-3)13-21(15)12-16-10-14(4)19-20(16)5/h10,15,18H,6-9,11-13H2,1-5H3. The molecule has 4 heteroatoms. The molecule has 0 aromatic carbocycles. The number of piperazine rings is 1. The van der Waals surface area contributed by atoms with Gasteiger partial charge in [-0.05, 0) is 32.3 Å². The Morgan fingerprint density at radius 3 is 2.57 bits per heavy atom. The van der Waals surface area contributed by atoms with Gasteiger partial charge in [0.25, 0.3) is 0 Å². The summed E-state index contributed by atoms with van der Waals surface area (Å²) in [4.78, 5) is 2.68. The quantitative estimate of drug-likeness (QED) is 0.875. The van der Waals surface area contributed by atoms with Crippen LogP contribution in [-0.2, 0) is 13.6 Å². The molecule has 1 atom stereocenters. The molecule has 1 aromatic rings. The molecule has 2 rings (SSSR count). The second-order valence-corrected chi connectivity index (χ2v) is 6.62. The van der Waals surface area contributed by atoms with Gasteiger partial charge in [-0.25, -0.2) is 0 Å². The minimum absolute atomic E-state index is 0.290. The molecule has 0 radical (unpaired) electrons. The molecular weight excluding hydrogens is 260 g/mol. The van der Waals surface area contributed by atoms with E-state index in [-0.39, 0.29) is 5.54 Å². The van der Waals surface area contributed by atoms with E-state index in [1.54, 1.807) is 0 Å². The molecule has 1 fully saturated rings. The van der Waals surface area contributed by atoms with Crippen LogP contribution in [0.2, 0.25) is 0 Å². The maximum absolute atomic E-state index is 4.50. The number of aromatic nitrogens is 2. The Bertz CT molecular complexity index is 448. The van der Waals surface area contributed by atoms with Gasteiger partial charge in [0.2, 0.25) is 0 Å². The number of nitrogens with one attached hydrogen (secondary N) is 1. The predicted molar refractivity (Wildman–Crippen MR) is 88.4 cm³/mol. The zero-order chi connectivity index (χ0) is 15.5. The fourth-order valence-electron chi connectivity index (χ4n) is 3.58. The summed E-state index contributed by atoms with van der Waals surface area (Å²) in [7, 11) is 2.06. The van der Waals surface area contributed by atoms with Crippen LogP contribution in [0.3, 0.4) is 0 Å². The van der Waals surface area contributed by atoms with Crippen molar-refractivity contribution in [1.29, 1.82) is 0 Å². The van der Waals surface area contributed by atoms with E-state index in [9.17, 15) is 0 Å². The maximum atomic E-state index is 4.50. The highest BCUT2D eigenvalue weighted by Gasteiger charge is 2.36. The Balaban J connectivity index is 2.15. The first-order valence-corrected chi connectivity index (χ1v) is 8.52. The zero-order valence-electron chi connectivity index (χ0n) is 14.4. The molecule has 1 aliphatic heterocycles. The molecule has 120 valence electrons. The molecular formula is C17H32N4. The van der Waals surface area contributed by atoms with E-state index >= 15 is 0 Å². The predicted octanol–water partition coefficient (Wildman–Crippen LogP) is 2.86. The topological polar surface area (TPSA) is 33.1 Å². The lowest BCUT2D eigenvalue weighted by Gasteiger charge is -2.47. The summed E-state index contributed by atoms with van der Waals surface area (Å²) in [5, 5.41) is 8.34. The highest BCUT2D eigenvalue weighted by atomic mass is 15.3. The fourth-order valence-corrected chi connectivity index (χ4v) is 3.58. The lowest BCUT2D eigenvalue weighted by Crippen LogP contribution is -2.63. The van der Waals surface area contributed by atoms with Crippen molar-refractivity contribution in [1.82, 2.24) is 20.0 Å². The van der Waals surface area contributed by atoms with Crippen LogP contribution in [0.15, 0.2) is 6.07 Å². The van der Waals surface area contributed by atoms with Crippen molar-refractivity contribution in [3.05, 3.63) is 17.5 Å². The minimum Gasteiger partial charge on any atom is -0.308 e. The molecule has 2 heterocycles. The van der Waals surface area contributed by atoms with Crippen LogP contribution in [0.1, 0.15) is 57.8 Å². The van der Waals surface area contributed by atoms with Crippen LogP contribution in [0.5, 0.6) is 0 Å². The summed E-state index contributed by atoms with van der Waals surface area (Å²) in [6, 6.07) is 2.88. The smallest absolute Gasteiger partial charge is 0.0597 e. The number of aryl methyl sites for hydroxylation is 2. The van der Waals surface area contributed by atoms with Gasteiger partial charge >= 0.3 is 0 Å². The lowest BCUT2D eigenvalue weighted by atomic mass is 9.87. The van der Waals surface area contributed by atoms with Crippen LogP contribution >= 0.6 is 0 Å². The van der Waals surface area contributed by atoms with Gasteiger partial charge in [0.05, 0.1) is 11.4 Å². The third-order valence-electron chi connectivity index (χ3n) is 5.17. The third kappa shape index (κ3) is 3.67. The van der Waals surface area contributed by atoms with Crippen LogP contribution < -0.4 is 5.32 Å². The summed E-state index contributed by atoms with van der Waals surface area (Å²) >= 11 is 0. The summed E-state index contributed by atoms with van der Waals surface area (Å²) in [5.41, 5.74) is 2.74. The van der Waals surface area contributed by atoms with E-state index in [1.807, 2.05) is 4.68 Å². The van der Waals surface area contributed by atoms with E-state index in [0.29, 0.717) is 6.04 Å². The molecule has 1 saturated heterocycles. The fraction of sp³-hybridized carbons (Fsp3) is 0.824. The molecule has 0 saturated carbocycles. The minimum atomic E-state index is 0.290. The number of nitrogens with zero attached hydrogens (tertiary/aromatic N) is 3. The Labute approximate surface area is 129 Å². The Morgan fingerprint density at radius 2 is 2.05 bits per heavy atom. The van der Waals surface area contributed by atoms with Crippen LogP contribution in [0.25, 0.3) is 0 Å². The van der Waals surface area contributed by atoms with E-state index < -0.39 is 0 Å². The van der Waals surface area contributed by atoms with Crippen molar-refractivity contribution >= 4 is 0 Å². The maximum Gasteiger partial charge on any atom is 0.0597 e. The molecule has 4 nitrogen and oxygen atoms in total. The number of hydrogen-bond acceptors (Lipinski definition) is 3. The van der Waals surface area contributed by atoms with E-state index in [2.05, 4.69) is 56.1 Å². The molecule has 0 bridgehead atoms. The highest BCUT2D eigenvalue weighted by Crippen LogP contribution is 2.26. The zero-order valence-corrected chi connectivity index (χ0v) is 14.4. The molecule has 1 aromatic heterocycles. The average molecular weight is 292 g/mol. The van der Waals surface area contributed by atoms with Gasteiger partial charge in [-0.15, -0.1) is 0 Å². The van der Waals surface area contributed by atoms with Gasteiger partial charge in [0.15, 0.2) is 0 Å². The van der Waals surface area contributed by atoms with Gasteiger partial charge < -0.3 is 5.32 Å². The Morgan fingerprint density at radius 1 is 1.33 bits per heavy atom. The van der Waals surface area contributed by atoms with Crippen molar-refractivity contribution in [2.75, 3.05) is 13.1 Å².